The summed E-state index contributed by atoms with van der Waals surface area (Å²) < 4.78 is 29.3. The van der Waals surface area contributed by atoms with Crippen LogP contribution in [0.2, 0.25) is 5.02 Å². The average Bonchev–Trinajstić information content (AvgIpc) is 2.55. The van der Waals surface area contributed by atoms with Crippen LogP contribution in [-0.2, 0) is 21.1 Å². The molecule has 0 heterocycles. The van der Waals surface area contributed by atoms with Crippen LogP contribution in [0.1, 0.15) is 12.5 Å². The highest BCUT2D eigenvalue weighted by atomic mass is 35.5. The number of sulfone groups is 1. The molecule has 0 atom stereocenters. The Morgan fingerprint density at radius 3 is 2.56 bits per heavy atom. The third kappa shape index (κ3) is 4.72. The summed E-state index contributed by atoms with van der Waals surface area (Å²) in [6, 6.07) is 8.52. The van der Waals surface area contributed by atoms with E-state index in [0.717, 1.165) is 0 Å². The summed E-state index contributed by atoms with van der Waals surface area (Å²) in [4.78, 5) is 14.2. The minimum absolute atomic E-state index is 0.0465. The van der Waals surface area contributed by atoms with E-state index in [1.165, 1.54) is 43.3 Å². The predicted octanol–water partition coefficient (Wildman–Crippen LogP) is 4.10. The second kappa shape index (κ2) is 7.55. The van der Waals surface area contributed by atoms with E-state index in [2.05, 4.69) is 4.85 Å². The van der Waals surface area contributed by atoms with Gasteiger partial charge in [0.15, 0.2) is 15.5 Å². The molecule has 0 spiro atoms. The summed E-state index contributed by atoms with van der Waals surface area (Å²) in [5.74, 6) is -0.618. The number of aliphatic carboxylic acids is 1. The molecular formula is C17H14ClNO5S. The molecule has 2 aromatic rings. The van der Waals surface area contributed by atoms with E-state index in [1.807, 2.05) is 0 Å². The Labute approximate surface area is 150 Å². The Bertz CT molecular complexity index is 963. The number of ether oxygens (including phenoxy) is 1. The first-order valence-electron chi connectivity index (χ1n) is 7.18. The van der Waals surface area contributed by atoms with Crippen LogP contribution >= 0.6 is 11.6 Å². The average molecular weight is 380 g/mol. The largest absolute Gasteiger partial charge is 0.481 e. The molecule has 0 unspecified atom stereocenters. The zero-order chi connectivity index (χ0) is 18.6. The lowest BCUT2D eigenvalue weighted by atomic mass is 10.1. The molecule has 130 valence electrons. The fraction of sp³-hybridized carbons (Fsp3) is 0.176. The van der Waals surface area contributed by atoms with Crippen LogP contribution in [0.5, 0.6) is 11.5 Å². The number of carboxylic acids is 1. The summed E-state index contributed by atoms with van der Waals surface area (Å²) in [5, 5.41) is 8.99. The molecule has 0 saturated carbocycles. The maximum Gasteiger partial charge on any atom is 0.307 e. The number of carbonyl (C=O) groups is 1. The molecule has 1 N–H and O–H groups in total. The van der Waals surface area contributed by atoms with Crippen molar-refractivity contribution in [3.63, 3.8) is 0 Å². The lowest BCUT2D eigenvalue weighted by Crippen LogP contribution is -2.03. The molecule has 0 aliphatic heterocycles. The minimum atomic E-state index is -3.39. The molecule has 0 aromatic heterocycles. The number of carboxylic acid groups (broad SMARTS) is 1. The number of nitrogens with zero attached hydrogens (tertiary/aromatic N) is 1. The lowest BCUT2D eigenvalue weighted by molar-refractivity contribution is -0.136. The van der Waals surface area contributed by atoms with Crippen molar-refractivity contribution in [2.45, 2.75) is 18.2 Å². The molecule has 6 nitrogen and oxygen atoms in total. The van der Waals surface area contributed by atoms with Crippen molar-refractivity contribution in [1.29, 1.82) is 0 Å². The van der Waals surface area contributed by atoms with Gasteiger partial charge in [-0.15, -0.1) is 0 Å². The first-order chi connectivity index (χ1) is 11.7. The maximum absolute atomic E-state index is 11.9. The molecule has 2 aromatic carbocycles. The molecular weight excluding hydrogens is 366 g/mol. The van der Waals surface area contributed by atoms with E-state index in [9.17, 15) is 13.2 Å². The number of rotatable bonds is 6. The fourth-order valence-corrected chi connectivity index (χ4v) is 3.28. The fourth-order valence-electron chi connectivity index (χ4n) is 2.10. The highest BCUT2D eigenvalue weighted by molar-refractivity contribution is 7.91. The van der Waals surface area contributed by atoms with Crippen molar-refractivity contribution < 1.29 is 23.1 Å². The smallest absolute Gasteiger partial charge is 0.307 e. The van der Waals surface area contributed by atoms with Crippen molar-refractivity contribution in [3.8, 4) is 11.5 Å². The van der Waals surface area contributed by atoms with Crippen molar-refractivity contribution in [2.24, 2.45) is 0 Å². The molecule has 0 saturated heterocycles. The van der Waals surface area contributed by atoms with E-state index in [0.29, 0.717) is 5.56 Å². The second-order valence-electron chi connectivity index (χ2n) is 5.12. The van der Waals surface area contributed by atoms with E-state index < -0.39 is 15.8 Å². The predicted molar refractivity (Wildman–Crippen MR) is 93.3 cm³/mol. The zero-order valence-corrected chi connectivity index (χ0v) is 14.8. The molecule has 0 fully saturated rings. The second-order valence-corrected chi connectivity index (χ2v) is 7.80. The maximum atomic E-state index is 11.9. The Hall–Kier alpha value is -2.56. The van der Waals surface area contributed by atoms with Gasteiger partial charge in [-0.1, -0.05) is 24.6 Å². The van der Waals surface area contributed by atoms with Gasteiger partial charge in [-0.05, 0) is 35.9 Å². The number of hydrogen-bond donors (Lipinski definition) is 1. The molecule has 25 heavy (non-hydrogen) atoms. The van der Waals surface area contributed by atoms with Crippen LogP contribution < -0.4 is 4.74 Å². The molecule has 0 amide bonds. The van der Waals surface area contributed by atoms with Gasteiger partial charge in [0.2, 0.25) is 0 Å². The first kappa shape index (κ1) is 18.8. The summed E-state index contributed by atoms with van der Waals surface area (Å²) in [6.45, 7) is 8.62. The summed E-state index contributed by atoms with van der Waals surface area (Å²) in [5.41, 5.74) is 0.646. The lowest BCUT2D eigenvalue weighted by Gasteiger charge is -2.11. The topological polar surface area (TPSA) is 85.0 Å². The number of benzene rings is 2. The summed E-state index contributed by atoms with van der Waals surface area (Å²) in [7, 11) is -3.39. The zero-order valence-electron chi connectivity index (χ0n) is 13.2. The van der Waals surface area contributed by atoms with E-state index in [-0.39, 0.29) is 39.3 Å². The molecule has 0 radical (unpaired) electrons. The summed E-state index contributed by atoms with van der Waals surface area (Å²) >= 11 is 6.10. The Morgan fingerprint density at radius 2 is 2.00 bits per heavy atom. The van der Waals surface area contributed by atoms with E-state index in [1.54, 1.807) is 0 Å². The van der Waals surface area contributed by atoms with Crippen molar-refractivity contribution in [2.75, 3.05) is 5.75 Å². The Kier molecular flexibility index (Phi) is 5.67. The molecule has 0 aliphatic carbocycles. The van der Waals surface area contributed by atoms with Crippen molar-refractivity contribution in [3.05, 3.63) is 58.4 Å². The summed E-state index contributed by atoms with van der Waals surface area (Å²) in [6.07, 6.45) is -0.249. The monoisotopic (exact) mass is 379 g/mol. The quantitative estimate of drug-likeness (QED) is 0.763. The SMILES string of the molecule is [C-]#[N+]c1cc(CC(=O)O)cc(Oc2ccc(S(=O)(=O)CC)cc2Cl)c1. The van der Waals surface area contributed by atoms with Crippen LogP contribution in [0.15, 0.2) is 41.3 Å². The van der Waals surface area contributed by atoms with Crippen LogP contribution in [0.3, 0.4) is 0 Å². The highest BCUT2D eigenvalue weighted by Crippen LogP contribution is 2.34. The van der Waals surface area contributed by atoms with Crippen LogP contribution in [0.25, 0.3) is 4.85 Å². The Balaban J connectivity index is 2.36. The highest BCUT2D eigenvalue weighted by Gasteiger charge is 2.15. The van der Waals surface area contributed by atoms with E-state index >= 15 is 0 Å². The van der Waals surface area contributed by atoms with Gasteiger partial charge in [0.1, 0.15) is 11.5 Å². The van der Waals surface area contributed by atoms with Crippen LogP contribution in [-0.4, -0.2) is 25.2 Å². The normalized spacial score (nSPS) is 10.9. The van der Waals surface area contributed by atoms with Crippen LogP contribution in [0.4, 0.5) is 5.69 Å². The standard InChI is InChI=1S/C17H14ClNO5S/c1-3-25(22,23)14-4-5-16(15(18)10-14)24-13-7-11(8-17(20)21)6-12(9-13)19-2/h4-7,9-10H,3,8H2,1H3,(H,20,21). The van der Waals surface area contributed by atoms with E-state index in [4.69, 9.17) is 28.0 Å². The third-order valence-corrected chi connectivity index (χ3v) is 5.33. The van der Waals surface area contributed by atoms with Gasteiger partial charge < -0.3 is 9.84 Å². The minimum Gasteiger partial charge on any atom is -0.481 e. The van der Waals surface area contributed by atoms with Gasteiger partial charge in [0, 0.05) is 0 Å². The van der Waals surface area contributed by atoms with Crippen molar-refractivity contribution >= 4 is 33.1 Å². The number of halogens is 1. The third-order valence-electron chi connectivity index (χ3n) is 3.31. The van der Waals surface area contributed by atoms with Gasteiger partial charge in [-0.2, -0.15) is 0 Å². The van der Waals surface area contributed by atoms with Gasteiger partial charge in [0.05, 0.1) is 28.7 Å². The molecule has 0 aliphatic rings. The van der Waals surface area contributed by atoms with Gasteiger partial charge in [-0.25, -0.2) is 13.3 Å². The van der Waals surface area contributed by atoms with Gasteiger partial charge >= 0.3 is 5.97 Å². The molecule has 2 rings (SSSR count). The van der Waals surface area contributed by atoms with Gasteiger partial charge in [0.25, 0.3) is 0 Å². The molecule has 8 heteroatoms. The molecule has 0 bridgehead atoms. The first-order valence-corrected chi connectivity index (χ1v) is 9.21. The number of hydrogen-bond acceptors (Lipinski definition) is 4. The Morgan fingerprint density at radius 1 is 1.28 bits per heavy atom. The van der Waals surface area contributed by atoms with Crippen molar-refractivity contribution in [1.82, 2.24) is 0 Å². The van der Waals surface area contributed by atoms with Gasteiger partial charge in [-0.3, -0.25) is 4.79 Å². The van der Waals surface area contributed by atoms with Crippen LogP contribution in [0, 0.1) is 6.57 Å².